The average Bonchev–Trinajstić information content (AvgIpc) is 3.05. The van der Waals surface area contributed by atoms with Crippen LogP contribution in [0.1, 0.15) is 11.0 Å². The van der Waals surface area contributed by atoms with E-state index in [1.54, 1.807) is 17.5 Å². The van der Waals surface area contributed by atoms with Gasteiger partial charge in [0.25, 0.3) is 0 Å². The average molecular weight is 434 g/mol. The molecule has 2 aromatic heterocycles. The second-order valence-electron chi connectivity index (χ2n) is 6.48. The van der Waals surface area contributed by atoms with Crippen LogP contribution in [0.4, 0.5) is 0 Å². The van der Waals surface area contributed by atoms with Gasteiger partial charge in [0.2, 0.25) is 0 Å². The fourth-order valence-electron chi connectivity index (χ4n) is 3.55. The molecule has 148 valence electrons. The van der Waals surface area contributed by atoms with E-state index < -0.39 is 10.3 Å². The standard InChI is InChI=1S/C15H20ClN5O4S2/c16-14-9-20(5-6-25-14)15(12-7-11-13(26-12)8-17-10-18-11)19-1-3-21(4-2-19)27(22,23)24/h7-8,10,14-15H,1-6,9H2,(H,22,23,24). The zero-order valence-electron chi connectivity index (χ0n) is 14.4. The summed E-state index contributed by atoms with van der Waals surface area (Å²) in [4.78, 5) is 14.0. The van der Waals surface area contributed by atoms with Crippen molar-refractivity contribution in [2.24, 2.45) is 0 Å². The lowest BCUT2D eigenvalue weighted by atomic mass is 10.2. The molecule has 2 aliphatic heterocycles. The maximum absolute atomic E-state index is 11.4. The minimum atomic E-state index is -4.16. The van der Waals surface area contributed by atoms with E-state index in [0.717, 1.165) is 25.9 Å². The van der Waals surface area contributed by atoms with E-state index in [4.69, 9.17) is 16.3 Å². The van der Waals surface area contributed by atoms with Gasteiger partial charge in [0, 0.05) is 50.3 Å². The normalized spacial score (nSPS) is 25.0. The van der Waals surface area contributed by atoms with E-state index in [1.807, 2.05) is 0 Å². The molecule has 1 N–H and O–H groups in total. The molecule has 0 amide bonds. The lowest BCUT2D eigenvalue weighted by molar-refractivity contribution is -0.0547. The molecule has 2 aromatic rings. The van der Waals surface area contributed by atoms with Crippen molar-refractivity contribution in [3.8, 4) is 0 Å². The Morgan fingerprint density at radius 1 is 1.26 bits per heavy atom. The van der Waals surface area contributed by atoms with Crippen LogP contribution < -0.4 is 0 Å². The number of morpholine rings is 1. The van der Waals surface area contributed by atoms with Gasteiger partial charge in [-0.15, -0.1) is 11.3 Å². The Morgan fingerprint density at radius 3 is 2.70 bits per heavy atom. The second-order valence-corrected chi connectivity index (χ2v) is 9.50. The van der Waals surface area contributed by atoms with Crippen molar-refractivity contribution in [3.63, 3.8) is 0 Å². The number of alkyl halides is 1. The van der Waals surface area contributed by atoms with Gasteiger partial charge in [-0.05, 0) is 6.07 Å². The molecule has 0 radical (unpaired) electrons. The minimum Gasteiger partial charge on any atom is -0.360 e. The molecule has 2 fully saturated rings. The third-order valence-corrected chi connectivity index (χ3v) is 7.20. The van der Waals surface area contributed by atoms with Gasteiger partial charge in [0.1, 0.15) is 11.9 Å². The topological polar surface area (TPSA) is 99.1 Å². The van der Waals surface area contributed by atoms with Crippen LogP contribution >= 0.6 is 22.9 Å². The molecule has 0 aliphatic carbocycles. The van der Waals surface area contributed by atoms with Crippen LogP contribution in [0.25, 0.3) is 10.2 Å². The van der Waals surface area contributed by atoms with Crippen molar-refractivity contribution in [2.45, 2.75) is 11.7 Å². The highest BCUT2D eigenvalue weighted by Crippen LogP contribution is 2.35. The molecule has 2 atom stereocenters. The Labute approximate surface area is 166 Å². The number of fused-ring (bicyclic) bond motifs is 1. The number of hydrogen-bond donors (Lipinski definition) is 1. The monoisotopic (exact) mass is 433 g/mol. The number of ether oxygens (including phenoxy) is 1. The zero-order valence-corrected chi connectivity index (χ0v) is 16.8. The second kappa shape index (κ2) is 7.84. The molecule has 0 saturated carbocycles. The summed E-state index contributed by atoms with van der Waals surface area (Å²) < 4.78 is 39.7. The molecule has 2 unspecified atom stereocenters. The summed E-state index contributed by atoms with van der Waals surface area (Å²) in [7, 11) is -4.16. The van der Waals surface area contributed by atoms with E-state index >= 15 is 0 Å². The van der Waals surface area contributed by atoms with Crippen LogP contribution in [0.2, 0.25) is 0 Å². The molecule has 0 aromatic carbocycles. The van der Waals surface area contributed by atoms with Crippen LogP contribution in [-0.2, 0) is 15.0 Å². The number of aromatic nitrogens is 2. The van der Waals surface area contributed by atoms with Gasteiger partial charge in [-0.3, -0.25) is 14.4 Å². The van der Waals surface area contributed by atoms with Crippen molar-refractivity contribution in [1.29, 1.82) is 0 Å². The first kappa shape index (κ1) is 19.4. The number of hydrogen-bond acceptors (Lipinski definition) is 8. The lowest BCUT2D eigenvalue weighted by Crippen LogP contribution is -2.54. The number of nitrogens with zero attached hydrogens (tertiary/aromatic N) is 5. The Hall–Kier alpha value is -0.920. The Bertz CT molecular complexity index is 869. The van der Waals surface area contributed by atoms with Gasteiger partial charge in [-0.25, -0.2) is 9.97 Å². The highest BCUT2D eigenvalue weighted by atomic mass is 35.5. The minimum absolute atomic E-state index is 0.0575. The molecular formula is C15H20ClN5O4S2. The largest absolute Gasteiger partial charge is 0.360 e. The van der Waals surface area contributed by atoms with Crippen molar-refractivity contribution in [3.05, 3.63) is 23.5 Å². The van der Waals surface area contributed by atoms with Crippen molar-refractivity contribution in [2.75, 3.05) is 45.9 Å². The summed E-state index contributed by atoms with van der Waals surface area (Å²) in [6, 6.07) is 2.06. The van der Waals surface area contributed by atoms with Crippen LogP contribution in [0, 0.1) is 0 Å². The summed E-state index contributed by atoms with van der Waals surface area (Å²) in [5.41, 5.74) is 0.511. The van der Waals surface area contributed by atoms with Gasteiger partial charge < -0.3 is 4.74 Å². The maximum atomic E-state index is 11.4. The van der Waals surface area contributed by atoms with Crippen LogP contribution in [0.5, 0.6) is 0 Å². The molecule has 12 heteroatoms. The summed E-state index contributed by atoms with van der Waals surface area (Å²) >= 11 is 7.85. The summed E-state index contributed by atoms with van der Waals surface area (Å²) in [6.07, 6.45) is 3.27. The van der Waals surface area contributed by atoms with E-state index in [0.29, 0.717) is 26.2 Å². The van der Waals surface area contributed by atoms with E-state index in [2.05, 4.69) is 25.8 Å². The van der Waals surface area contributed by atoms with Crippen LogP contribution in [0.15, 0.2) is 18.6 Å². The van der Waals surface area contributed by atoms with Crippen LogP contribution in [0.3, 0.4) is 0 Å². The predicted molar refractivity (Wildman–Crippen MR) is 102 cm³/mol. The van der Waals surface area contributed by atoms with Gasteiger partial charge >= 0.3 is 10.3 Å². The first-order valence-corrected chi connectivity index (χ1v) is 11.2. The van der Waals surface area contributed by atoms with Crippen molar-refractivity contribution in [1.82, 2.24) is 24.1 Å². The van der Waals surface area contributed by atoms with Crippen LogP contribution in [-0.4, -0.2) is 88.5 Å². The molecule has 9 nitrogen and oxygen atoms in total. The van der Waals surface area contributed by atoms with Gasteiger partial charge in [0.15, 0.2) is 0 Å². The third kappa shape index (κ3) is 4.25. The molecular weight excluding hydrogens is 414 g/mol. The Kier molecular flexibility index (Phi) is 5.63. The molecule has 2 aliphatic rings. The van der Waals surface area contributed by atoms with E-state index in [1.165, 1.54) is 6.33 Å². The van der Waals surface area contributed by atoms with Gasteiger partial charge in [-0.1, -0.05) is 11.6 Å². The number of rotatable bonds is 4. The highest BCUT2D eigenvalue weighted by Gasteiger charge is 2.35. The molecule has 4 heterocycles. The summed E-state index contributed by atoms with van der Waals surface area (Å²) in [5, 5.41) is 0. The zero-order chi connectivity index (χ0) is 19.0. The third-order valence-electron chi connectivity index (χ3n) is 4.82. The molecule has 2 saturated heterocycles. The molecule has 4 rings (SSSR count). The van der Waals surface area contributed by atoms with Crippen molar-refractivity contribution < 1.29 is 17.7 Å². The first-order valence-electron chi connectivity index (χ1n) is 8.57. The van der Waals surface area contributed by atoms with Gasteiger partial charge in [-0.2, -0.15) is 12.7 Å². The maximum Gasteiger partial charge on any atom is 0.335 e. The molecule has 0 spiro atoms. The smallest absolute Gasteiger partial charge is 0.335 e. The number of thiophene rings is 1. The lowest BCUT2D eigenvalue weighted by Gasteiger charge is -2.44. The summed E-state index contributed by atoms with van der Waals surface area (Å²) in [5.74, 6) is 0. The van der Waals surface area contributed by atoms with E-state index in [9.17, 15) is 13.0 Å². The van der Waals surface area contributed by atoms with Gasteiger partial charge in [0.05, 0.1) is 23.0 Å². The fraction of sp³-hybridized carbons (Fsp3) is 0.600. The predicted octanol–water partition coefficient (Wildman–Crippen LogP) is 1.01. The quantitative estimate of drug-likeness (QED) is 0.563. The SMILES string of the molecule is O=S(=O)(O)N1CCN(C(c2cc3ncncc3s2)N2CCOC(Cl)C2)CC1. The van der Waals surface area contributed by atoms with Crippen molar-refractivity contribution >= 4 is 43.5 Å². The van der Waals surface area contributed by atoms with E-state index in [-0.39, 0.29) is 24.8 Å². The number of halogens is 1. The Morgan fingerprint density at radius 2 is 2.04 bits per heavy atom. The first-order chi connectivity index (χ1) is 12.9. The molecule has 27 heavy (non-hydrogen) atoms. The summed E-state index contributed by atoms with van der Waals surface area (Å²) in [6.45, 7) is 3.35. The fourth-order valence-corrected chi connectivity index (χ4v) is 5.60. The highest BCUT2D eigenvalue weighted by molar-refractivity contribution is 7.83. The molecule has 0 bridgehead atoms. The number of piperazine rings is 1. The Balaban J connectivity index is 1.62.